The second-order valence-corrected chi connectivity index (χ2v) is 6.97. The van der Waals surface area contributed by atoms with E-state index in [0.29, 0.717) is 5.82 Å². The lowest BCUT2D eigenvalue weighted by atomic mass is 10.1. The number of rotatable bonds is 5. The standard InChI is InChI=1S/C19H23N7O2/c1-12-6-13(2)8-15(7-12)26-14(3)9-17(22-26)20-19(28)16-10-25(23-21-16)11-18(27)24(4)5/h6-10H,11H2,1-5H3,(H,20,22,28). The molecule has 0 atom stereocenters. The van der Waals surface area contributed by atoms with Gasteiger partial charge in [-0.1, -0.05) is 11.3 Å². The number of carbonyl (C=O) groups excluding carboxylic acids is 2. The third-order valence-corrected chi connectivity index (χ3v) is 4.15. The summed E-state index contributed by atoms with van der Waals surface area (Å²) in [5.74, 6) is -0.158. The molecule has 0 aliphatic heterocycles. The Kier molecular flexibility index (Phi) is 5.25. The number of carbonyl (C=O) groups is 2. The van der Waals surface area contributed by atoms with E-state index < -0.39 is 5.91 Å². The first kappa shape index (κ1) is 19.3. The van der Waals surface area contributed by atoms with Crippen LogP contribution in [0.3, 0.4) is 0 Å². The maximum atomic E-state index is 12.4. The monoisotopic (exact) mass is 381 g/mol. The molecule has 2 heterocycles. The molecule has 1 N–H and O–H groups in total. The van der Waals surface area contributed by atoms with E-state index in [-0.39, 0.29) is 18.1 Å². The van der Waals surface area contributed by atoms with Gasteiger partial charge in [-0.05, 0) is 44.0 Å². The maximum Gasteiger partial charge on any atom is 0.279 e. The summed E-state index contributed by atoms with van der Waals surface area (Å²) < 4.78 is 3.11. The molecule has 0 bridgehead atoms. The lowest BCUT2D eigenvalue weighted by molar-refractivity contribution is -0.129. The minimum Gasteiger partial charge on any atom is -0.347 e. The normalized spacial score (nSPS) is 10.8. The van der Waals surface area contributed by atoms with E-state index in [2.05, 4.69) is 26.8 Å². The molecule has 3 rings (SSSR count). The molecule has 0 aliphatic carbocycles. The zero-order valence-electron chi connectivity index (χ0n) is 16.6. The Labute approximate surface area is 163 Å². The molecule has 0 radical (unpaired) electrons. The molecule has 0 unspecified atom stereocenters. The van der Waals surface area contributed by atoms with Crippen molar-refractivity contribution in [2.24, 2.45) is 0 Å². The van der Waals surface area contributed by atoms with Gasteiger partial charge in [-0.25, -0.2) is 9.36 Å². The SMILES string of the molecule is Cc1cc(C)cc(-n2nc(NC(=O)c3cn(CC(=O)N(C)C)nn3)cc2C)c1. The van der Waals surface area contributed by atoms with Crippen molar-refractivity contribution < 1.29 is 9.59 Å². The van der Waals surface area contributed by atoms with Crippen LogP contribution in [0.4, 0.5) is 5.82 Å². The summed E-state index contributed by atoms with van der Waals surface area (Å²) in [6, 6.07) is 7.95. The van der Waals surface area contributed by atoms with Crippen LogP contribution in [0.1, 0.15) is 27.3 Å². The molecule has 1 aromatic carbocycles. The van der Waals surface area contributed by atoms with E-state index in [9.17, 15) is 9.59 Å². The van der Waals surface area contributed by atoms with Crippen LogP contribution in [-0.4, -0.2) is 55.6 Å². The number of amides is 2. The van der Waals surface area contributed by atoms with Crippen LogP contribution in [0.5, 0.6) is 0 Å². The van der Waals surface area contributed by atoms with Crippen molar-refractivity contribution in [3.05, 3.63) is 53.0 Å². The van der Waals surface area contributed by atoms with Crippen molar-refractivity contribution in [2.75, 3.05) is 19.4 Å². The zero-order chi connectivity index (χ0) is 20.4. The van der Waals surface area contributed by atoms with E-state index in [0.717, 1.165) is 22.5 Å². The van der Waals surface area contributed by atoms with Crippen LogP contribution < -0.4 is 5.32 Å². The number of nitrogens with one attached hydrogen (secondary N) is 1. The predicted octanol–water partition coefficient (Wildman–Crippen LogP) is 1.73. The van der Waals surface area contributed by atoms with Crippen molar-refractivity contribution in [1.82, 2.24) is 29.7 Å². The van der Waals surface area contributed by atoms with E-state index in [1.807, 2.05) is 32.9 Å². The summed E-state index contributed by atoms with van der Waals surface area (Å²) in [5, 5.41) is 14.9. The van der Waals surface area contributed by atoms with Crippen LogP contribution in [0.25, 0.3) is 5.69 Å². The molecule has 0 aliphatic rings. The fraction of sp³-hybridized carbons (Fsp3) is 0.316. The van der Waals surface area contributed by atoms with Gasteiger partial charge in [0.15, 0.2) is 11.5 Å². The summed E-state index contributed by atoms with van der Waals surface area (Å²) in [5.41, 5.74) is 4.22. The molecule has 3 aromatic rings. The van der Waals surface area contributed by atoms with Gasteiger partial charge in [-0.15, -0.1) is 10.2 Å². The molecule has 28 heavy (non-hydrogen) atoms. The number of likely N-dealkylation sites (N-methyl/N-ethyl adjacent to an activating group) is 1. The molecule has 0 saturated carbocycles. The highest BCUT2D eigenvalue weighted by atomic mass is 16.2. The second-order valence-electron chi connectivity index (χ2n) is 6.97. The number of hydrogen-bond acceptors (Lipinski definition) is 5. The number of aryl methyl sites for hydroxylation is 3. The van der Waals surface area contributed by atoms with Gasteiger partial charge in [0, 0.05) is 25.9 Å². The van der Waals surface area contributed by atoms with Gasteiger partial charge in [0.05, 0.1) is 11.9 Å². The van der Waals surface area contributed by atoms with E-state index in [1.165, 1.54) is 15.8 Å². The topological polar surface area (TPSA) is 97.9 Å². The largest absolute Gasteiger partial charge is 0.347 e. The van der Waals surface area contributed by atoms with Gasteiger partial charge in [0.25, 0.3) is 5.91 Å². The minimum atomic E-state index is -0.436. The molecule has 0 fully saturated rings. The van der Waals surface area contributed by atoms with Crippen LogP contribution in [0.15, 0.2) is 30.5 Å². The molecule has 0 saturated heterocycles. The first-order valence-electron chi connectivity index (χ1n) is 8.80. The number of aromatic nitrogens is 5. The molecular formula is C19H23N7O2. The Balaban J connectivity index is 1.75. The van der Waals surface area contributed by atoms with Crippen LogP contribution >= 0.6 is 0 Å². The van der Waals surface area contributed by atoms with Crippen molar-refractivity contribution in [1.29, 1.82) is 0 Å². The Morgan fingerprint density at radius 1 is 1.07 bits per heavy atom. The first-order valence-corrected chi connectivity index (χ1v) is 8.80. The third-order valence-electron chi connectivity index (χ3n) is 4.15. The Bertz CT molecular complexity index is 1010. The van der Waals surface area contributed by atoms with Crippen molar-refractivity contribution >= 4 is 17.6 Å². The highest BCUT2D eigenvalue weighted by Gasteiger charge is 2.15. The van der Waals surface area contributed by atoms with Gasteiger partial charge in [-0.3, -0.25) is 9.59 Å². The molecular weight excluding hydrogens is 358 g/mol. The molecule has 146 valence electrons. The Morgan fingerprint density at radius 2 is 1.75 bits per heavy atom. The second kappa shape index (κ2) is 7.63. The average Bonchev–Trinajstić information content (AvgIpc) is 3.20. The van der Waals surface area contributed by atoms with Crippen molar-refractivity contribution in [3.8, 4) is 5.69 Å². The van der Waals surface area contributed by atoms with E-state index in [4.69, 9.17) is 0 Å². The summed E-state index contributed by atoms with van der Waals surface area (Å²) in [7, 11) is 3.31. The van der Waals surface area contributed by atoms with E-state index in [1.54, 1.807) is 24.8 Å². The van der Waals surface area contributed by atoms with Crippen molar-refractivity contribution in [2.45, 2.75) is 27.3 Å². The van der Waals surface area contributed by atoms with Crippen LogP contribution in [-0.2, 0) is 11.3 Å². The third kappa shape index (κ3) is 4.25. The maximum absolute atomic E-state index is 12.4. The van der Waals surface area contributed by atoms with Gasteiger partial charge >= 0.3 is 0 Å². The molecule has 0 spiro atoms. The first-order chi connectivity index (χ1) is 13.2. The van der Waals surface area contributed by atoms with Gasteiger partial charge in [-0.2, -0.15) is 0 Å². The highest BCUT2D eigenvalue weighted by Crippen LogP contribution is 2.18. The summed E-state index contributed by atoms with van der Waals surface area (Å²) >= 11 is 0. The average molecular weight is 381 g/mol. The summed E-state index contributed by atoms with van der Waals surface area (Å²) in [6.07, 6.45) is 1.44. The number of anilines is 1. The Morgan fingerprint density at radius 3 is 2.39 bits per heavy atom. The number of nitrogens with zero attached hydrogens (tertiary/aromatic N) is 6. The molecule has 9 nitrogen and oxygen atoms in total. The van der Waals surface area contributed by atoms with Gasteiger partial charge in [0.2, 0.25) is 5.91 Å². The van der Waals surface area contributed by atoms with Crippen LogP contribution in [0, 0.1) is 20.8 Å². The van der Waals surface area contributed by atoms with Crippen molar-refractivity contribution in [3.63, 3.8) is 0 Å². The molecule has 9 heteroatoms. The van der Waals surface area contributed by atoms with E-state index >= 15 is 0 Å². The number of hydrogen-bond donors (Lipinski definition) is 1. The van der Waals surface area contributed by atoms with Gasteiger partial charge < -0.3 is 10.2 Å². The lowest BCUT2D eigenvalue weighted by Crippen LogP contribution is -2.26. The summed E-state index contributed by atoms with van der Waals surface area (Å²) in [6.45, 7) is 6.00. The fourth-order valence-corrected chi connectivity index (χ4v) is 2.81. The van der Waals surface area contributed by atoms with Gasteiger partial charge in [0.1, 0.15) is 6.54 Å². The molecule has 2 amide bonds. The minimum absolute atomic E-state index is 0.0216. The lowest BCUT2D eigenvalue weighted by Gasteiger charge is -2.08. The Hall–Kier alpha value is -3.49. The fourth-order valence-electron chi connectivity index (χ4n) is 2.81. The van der Waals surface area contributed by atoms with Crippen LogP contribution in [0.2, 0.25) is 0 Å². The number of benzene rings is 1. The highest BCUT2D eigenvalue weighted by molar-refractivity contribution is 6.02. The molecule has 2 aromatic heterocycles. The smallest absolute Gasteiger partial charge is 0.279 e. The summed E-state index contributed by atoms with van der Waals surface area (Å²) in [4.78, 5) is 25.6. The predicted molar refractivity (Wildman–Crippen MR) is 104 cm³/mol. The zero-order valence-corrected chi connectivity index (χ0v) is 16.6. The quantitative estimate of drug-likeness (QED) is 0.726.